The molecule has 0 saturated heterocycles. The van der Waals surface area contributed by atoms with Crippen LogP contribution in [0, 0.1) is 0 Å². The van der Waals surface area contributed by atoms with Crippen LogP contribution in [0.15, 0.2) is 60.8 Å². The molecule has 2 aliphatic rings. The molecule has 3 aromatic rings. The Kier molecular flexibility index (Phi) is 9.90. The largest absolute Gasteiger partial charge is 0.455 e. The van der Waals surface area contributed by atoms with Crippen molar-refractivity contribution in [2.45, 2.75) is 82.6 Å². The first kappa shape index (κ1) is 33.6. The first-order valence-corrected chi connectivity index (χ1v) is 17.7. The number of rotatable bonds is 9. The minimum atomic E-state index is -3.57. The van der Waals surface area contributed by atoms with E-state index in [4.69, 9.17) is 16.3 Å². The van der Waals surface area contributed by atoms with Gasteiger partial charge < -0.3 is 15.0 Å². The number of hydrogen-bond acceptors (Lipinski definition) is 7. The molecular formula is C33H40ClN5O6S. The third-order valence-corrected chi connectivity index (χ3v) is 9.25. The summed E-state index contributed by atoms with van der Waals surface area (Å²) in [5.41, 5.74) is 1.28. The van der Waals surface area contributed by atoms with Crippen molar-refractivity contribution >= 4 is 39.4 Å². The lowest BCUT2D eigenvalue weighted by Gasteiger charge is -2.49. The second kappa shape index (κ2) is 13.5. The Bertz CT molecular complexity index is 1700. The number of ether oxygens (including phenoxy) is 1. The maximum atomic E-state index is 14.4. The number of esters is 1. The number of amides is 2. The highest BCUT2D eigenvalue weighted by molar-refractivity contribution is 7.88. The molecule has 1 aliphatic carbocycles. The number of aromatic nitrogens is 2. The quantitative estimate of drug-likeness (QED) is 0.321. The Morgan fingerprint density at radius 1 is 1.04 bits per heavy atom. The van der Waals surface area contributed by atoms with Gasteiger partial charge in [-0.1, -0.05) is 54.8 Å². The summed E-state index contributed by atoms with van der Waals surface area (Å²) in [5, 5.41) is 7.77. The molecule has 2 amide bonds. The number of carbonyl (C=O) groups excluding carboxylic acids is 3. The van der Waals surface area contributed by atoms with Gasteiger partial charge in [-0.25, -0.2) is 17.9 Å². The van der Waals surface area contributed by atoms with Crippen LogP contribution in [0.1, 0.15) is 90.4 Å². The zero-order chi connectivity index (χ0) is 33.2. The summed E-state index contributed by atoms with van der Waals surface area (Å²) < 4.78 is 34.5. The molecule has 13 heteroatoms. The van der Waals surface area contributed by atoms with E-state index in [1.165, 1.54) is 10.9 Å². The molecule has 4 atom stereocenters. The highest BCUT2D eigenvalue weighted by Crippen LogP contribution is 2.46. The number of fused-ring (bicyclic) bond motifs is 1. The maximum Gasteiger partial charge on any atom is 0.357 e. The minimum Gasteiger partial charge on any atom is -0.455 e. The highest BCUT2D eigenvalue weighted by atomic mass is 35.5. The Balaban J connectivity index is 1.49. The fourth-order valence-electron chi connectivity index (χ4n) is 6.48. The van der Waals surface area contributed by atoms with Crippen LogP contribution in [0.3, 0.4) is 0 Å². The van der Waals surface area contributed by atoms with Crippen molar-refractivity contribution in [3.05, 3.63) is 88.2 Å². The Morgan fingerprint density at radius 2 is 1.74 bits per heavy atom. The van der Waals surface area contributed by atoms with Gasteiger partial charge in [-0.05, 0) is 69.0 Å². The van der Waals surface area contributed by atoms with Crippen LogP contribution in [-0.4, -0.2) is 71.4 Å². The standard InChI is InChI=1S/C33H40ClN5O6S/c1-33(2,3)45-32(42)27-17-18-36-38(27)20-19-35-30(40)28-23-9-5-6-10-24(23)31(41)39(29(28)21-13-15-22(34)16-14-21)26-12-8-7-11-25(26)37-46(4,43)44/h5-6,9-10,13-18,25-26,28-29,37H,7-8,11-12,19-20H2,1-4H3,(H,35,40)/t25-,26-,28+,29-/m0/s1. The number of hydrogen-bond donors (Lipinski definition) is 2. The first-order valence-electron chi connectivity index (χ1n) is 15.4. The molecule has 2 N–H and O–H groups in total. The molecule has 2 heterocycles. The van der Waals surface area contributed by atoms with Gasteiger partial charge >= 0.3 is 5.97 Å². The van der Waals surface area contributed by atoms with Crippen molar-refractivity contribution in [1.29, 1.82) is 0 Å². The zero-order valence-electron chi connectivity index (χ0n) is 26.4. The number of halogens is 1. The highest BCUT2D eigenvalue weighted by Gasteiger charge is 2.48. The Hall–Kier alpha value is -3.74. The van der Waals surface area contributed by atoms with Crippen molar-refractivity contribution in [1.82, 2.24) is 24.7 Å². The molecule has 1 saturated carbocycles. The minimum absolute atomic E-state index is 0.151. The zero-order valence-corrected chi connectivity index (χ0v) is 28.0. The SMILES string of the molecule is CC(C)(C)OC(=O)c1ccnn1CCNC(=O)[C@@H]1c2ccccc2C(=O)N([C@H]2CCCC[C@@H]2NS(C)(=O)=O)[C@H]1c1ccc(Cl)cc1. The van der Waals surface area contributed by atoms with E-state index < -0.39 is 45.6 Å². The first-order chi connectivity index (χ1) is 21.7. The molecule has 0 unspecified atom stereocenters. The van der Waals surface area contributed by atoms with Crippen LogP contribution in [0.4, 0.5) is 0 Å². The molecule has 2 aromatic carbocycles. The molecule has 5 rings (SSSR count). The van der Waals surface area contributed by atoms with Crippen LogP contribution in [0.25, 0.3) is 0 Å². The lowest BCUT2D eigenvalue weighted by molar-refractivity contribution is -0.124. The Morgan fingerprint density at radius 3 is 2.43 bits per heavy atom. The third-order valence-electron chi connectivity index (χ3n) is 8.27. The number of nitrogens with one attached hydrogen (secondary N) is 2. The predicted molar refractivity (Wildman–Crippen MR) is 174 cm³/mol. The van der Waals surface area contributed by atoms with Gasteiger partial charge in [0.05, 0.1) is 24.8 Å². The van der Waals surface area contributed by atoms with E-state index >= 15 is 0 Å². The summed E-state index contributed by atoms with van der Waals surface area (Å²) >= 11 is 6.25. The number of carbonyl (C=O) groups is 3. The molecule has 0 spiro atoms. The van der Waals surface area contributed by atoms with Gasteiger partial charge in [-0.15, -0.1) is 0 Å². The number of nitrogens with zero attached hydrogens (tertiary/aromatic N) is 3. The van der Waals surface area contributed by atoms with E-state index in [0.29, 0.717) is 34.6 Å². The fourth-order valence-corrected chi connectivity index (χ4v) is 7.43. The average molecular weight is 670 g/mol. The van der Waals surface area contributed by atoms with Gasteiger partial charge in [0, 0.05) is 35.4 Å². The van der Waals surface area contributed by atoms with E-state index in [1.54, 1.807) is 80.3 Å². The van der Waals surface area contributed by atoms with Gasteiger partial charge in [0.15, 0.2) is 0 Å². The van der Waals surface area contributed by atoms with Crippen molar-refractivity contribution in [3.8, 4) is 0 Å². The summed E-state index contributed by atoms with van der Waals surface area (Å²) in [6.45, 7) is 5.71. The summed E-state index contributed by atoms with van der Waals surface area (Å²) in [4.78, 5) is 43.1. The van der Waals surface area contributed by atoms with E-state index in [2.05, 4.69) is 15.1 Å². The molecule has 0 radical (unpaired) electrons. The van der Waals surface area contributed by atoms with Crippen LogP contribution < -0.4 is 10.0 Å². The van der Waals surface area contributed by atoms with E-state index in [1.807, 2.05) is 0 Å². The molecule has 1 fully saturated rings. The molecule has 1 aromatic heterocycles. The van der Waals surface area contributed by atoms with Crippen molar-refractivity contribution in [3.63, 3.8) is 0 Å². The molecule has 1 aliphatic heterocycles. The van der Waals surface area contributed by atoms with Gasteiger partial charge in [0.2, 0.25) is 15.9 Å². The summed E-state index contributed by atoms with van der Waals surface area (Å²) in [6.07, 6.45) is 5.39. The topological polar surface area (TPSA) is 140 Å². The van der Waals surface area contributed by atoms with E-state index in [0.717, 1.165) is 19.1 Å². The average Bonchev–Trinajstić information content (AvgIpc) is 3.45. The van der Waals surface area contributed by atoms with Crippen LogP contribution in [0.2, 0.25) is 5.02 Å². The van der Waals surface area contributed by atoms with Crippen molar-refractivity contribution < 1.29 is 27.5 Å². The summed E-state index contributed by atoms with van der Waals surface area (Å²) in [5.74, 6) is -1.91. The van der Waals surface area contributed by atoms with E-state index in [9.17, 15) is 22.8 Å². The van der Waals surface area contributed by atoms with Crippen LogP contribution in [-0.2, 0) is 26.1 Å². The molecule has 246 valence electrons. The second-order valence-electron chi connectivity index (χ2n) is 12.9. The molecule has 11 nitrogen and oxygen atoms in total. The van der Waals surface area contributed by atoms with Crippen LogP contribution >= 0.6 is 11.6 Å². The maximum absolute atomic E-state index is 14.4. The number of benzene rings is 2. The molecule has 0 bridgehead atoms. The lowest BCUT2D eigenvalue weighted by atomic mass is 9.76. The van der Waals surface area contributed by atoms with Crippen molar-refractivity contribution in [2.75, 3.05) is 12.8 Å². The third kappa shape index (κ3) is 7.62. The van der Waals surface area contributed by atoms with Crippen LogP contribution in [0.5, 0.6) is 0 Å². The van der Waals surface area contributed by atoms with Crippen molar-refractivity contribution in [2.24, 2.45) is 0 Å². The summed E-state index contributed by atoms with van der Waals surface area (Å²) in [7, 11) is -3.57. The van der Waals surface area contributed by atoms with Gasteiger partial charge in [0.1, 0.15) is 11.3 Å². The smallest absolute Gasteiger partial charge is 0.357 e. The Labute approximate surface area is 274 Å². The van der Waals surface area contributed by atoms with Gasteiger partial charge in [-0.3, -0.25) is 14.3 Å². The molecular weight excluding hydrogens is 630 g/mol. The predicted octanol–water partition coefficient (Wildman–Crippen LogP) is 4.45. The fraction of sp³-hybridized carbons (Fsp3) is 0.455. The number of sulfonamides is 1. The second-order valence-corrected chi connectivity index (χ2v) is 15.1. The summed E-state index contributed by atoms with van der Waals surface area (Å²) in [6, 6.07) is 13.9. The molecule has 46 heavy (non-hydrogen) atoms. The lowest BCUT2D eigenvalue weighted by Crippen LogP contribution is -2.59. The van der Waals surface area contributed by atoms with Gasteiger partial charge in [0.25, 0.3) is 5.91 Å². The van der Waals surface area contributed by atoms with E-state index in [-0.39, 0.29) is 30.6 Å². The normalized spacial score (nSPS) is 21.8. The van der Waals surface area contributed by atoms with Gasteiger partial charge in [-0.2, -0.15) is 5.10 Å². The monoisotopic (exact) mass is 669 g/mol.